The summed E-state index contributed by atoms with van der Waals surface area (Å²) in [5, 5.41) is 2.25. The Hall–Kier alpha value is -2.51. The molecule has 0 saturated carbocycles. The number of ether oxygens (including phenoxy) is 1. The van der Waals surface area contributed by atoms with Crippen molar-refractivity contribution < 1.29 is 27.9 Å². The molecule has 0 fully saturated rings. The van der Waals surface area contributed by atoms with Crippen molar-refractivity contribution in [1.29, 1.82) is 0 Å². The van der Waals surface area contributed by atoms with Crippen LogP contribution in [0.25, 0.3) is 0 Å². The van der Waals surface area contributed by atoms with Crippen molar-refractivity contribution >= 4 is 17.8 Å². The van der Waals surface area contributed by atoms with Gasteiger partial charge in [0.25, 0.3) is 5.91 Å². The molecule has 0 unspecified atom stereocenters. The van der Waals surface area contributed by atoms with Crippen LogP contribution >= 0.6 is 0 Å². The fraction of sp³-hybridized carbons (Fsp3) is 0.308. The zero-order valence-corrected chi connectivity index (χ0v) is 11.5. The van der Waals surface area contributed by atoms with Crippen molar-refractivity contribution in [2.45, 2.75) is 0 Å². The normalized spacial score (nSPS) is 9.90. The van der Waals surface area contributed by atoms with Gasteiger partial charge in [-0.25, -0.2) is 13.6 Å². The van der Waals surface area contributed by atoms with E-state index in [9.17, 15) is 23.2 Å². The lowest BCUT2D eigenvalue weighted by molar-refractivity contribution is -0.131. The number of likely N-dealkylation sites (N-methyl/N-ethyl adjacent to an activating group) is 1. The molecule has 8 heteroatoms. The van der Waals surface area contributed by atoms with Crippen molar-refractivity contribution in [3.05, 3.63) is 35.4 Å². The third-order valence-corrected chi connectivity index (χ3v) is 2.43. The van der Waals surface area contributed by atoms with E-state index in [4.69, 9.17) is 0 Å². The molecule has 2 amide bonds. The first-order valence-electron chi connectivity index (χ1n) is 5.90. The molecule has 0 saturated heterocycles. The predicted molar refractivity (Wildman–Crippen MR) is 68.3 cm³/mol. The van der Waals surface area contributed by atoms with Gasteiger partial charge in [-0.3, -0.25) is 9.59 Å². The second-order valence-electron chi connectivity index (χ2n) is 4.27. The molecule has 114 valence electrons. The molecule has 1 aromatic rings. The molecule has 0 atom stereocenters. The summed E-state index contributed by atoms with van der Waals surface area (Å²) in [6.45, 7) is -0.854. The topological polar surface area (TPSA) is 75.7 Å². The molecule has 21 heavy (non-hydrogen) atoms. The third-order valence-electron chi connectivity index (χ3n) is 2.43. The van der Waals surface area contributed by atoms with Gasteiger partial charge in [-0.2, -0.15) is 0 Å². The first kappa shape index (κ1) is 16.5. The zero-order valence-electron chi connectivity index (χ0n) is 11.5. The Labute approximate surface area is 119 Å². The van der Waals surface area contributed by atoms with Crippen LogP contribution in [0.4, 0.5) is 8.78 Å². The zero-order chi connectivity index (χ0) is 16.0. The monoisotopic (exact) mass is 300 g/mol. The smallest absolute Gasteiger partial charge is 0.338 e. The van der Waals surface area contributed by atoms with Crippen LogP contribution in [-0.2, 0) is 14.3 Å². The van der Waals surface area contributed by atoms with Crippen molar-refractivity contribution in [2.75, 3.05) is 27.2 Å². The van der Waals surface area contributed by atoms with E-state index in [1.807, 2.05) is 0 Å². The molecule has 1 N–H and O–H groups in total. The molecule has 6 nitrogen and oxygen atoms in total. The van der Waals surface area contributed by atoms with Gasteiger partial charge in [-0.15, -0.1) is 0 Å². The third kappa shape index (κ3) is 5.17. The number of rotatable bonds is 5. The van der Waals surface area contributed by atoms with Crippen LogP contribution < -0.4 is 5.32 Å². The quantitative estimate of drug-likeness (QED) is 0.795. The summed E-state index contributed by atoms with van der Waals surface area (Å²) in [7, 11) is 3.05. The summed E-state index contributed by atoms with van der Waals surface area (Å²) < 4.78 is 30.2. The van der Waals surface area contributed by atoms with E-state index in [2.05, 4.69) is 10.1 Å². The van der Waals surface area contributed by atoms with E-state index in [1.165, 1.54) is 19.0 Å². The number of amides is 2. The summed E-state index contributed by atoms with van der Waals surface area (Å²) in [6.07, 6.45) is 0. The SMILES string of the molecule is CN(C)C(=O)CNC(=O)COC(=O)c1ccc(F)c(F)c1. The number of benzene rings is 1. The highest BCUT2D eigenvalue weighted by molar-refractivity contribution is 5.92. The van der Waals surface area contributed by atoms with Crippen LogP contribution in [-0.4, -0.2) is 49.9 Å². The molecule has 0 heterocycles. The fourth-order valence-corrected chi connectivity index (χ4v) is 1.22. The van der Waals surface area contributed by atoms with Gasteiger partial charge in [0.2, 0.25) is 5.91 Å². The Kier molecular flexibility index (Phi) is 5.77. The van der Waals surface area contributed by atoms with E-state index < -0.39 is 30.1 Å². The highest BCUT2D eigenvalue weighted by Crippen LogP contribution is 2.09. The second-order valence-corrected chi connectivity index (χ2v) is 4.27. The molecule has 0 aliphatic rings. The van der Waals surface area contributed by atoms with Crippen LogP contribution in [0, 0.1) is 11.6 Å². The van der Waals surface area contributed by atoms with Crippen molar-refractivity contribution in [1.82, 2.24) is 10.2 Å². The van der Waals surface area contributed by atoms with Gasteiger partial charge < -0.3 is 15.0 Å². The van der Waals surface area contributed by atoms with E-state index in [1.54, 1.807) is 0 Å². The number of hydrogen-bond acceptors (Lipinski definition) is 4. The largest absolute Gasteiger partial charge is 0.452 e. The number of nitrogens with one attached hydrogen (secondary N) is 1. The van der Waals surface area contributed by atoms with Gasteiger partial charge in [0, 0.05) is 14.1 Å². The highest BCUT2D eigenvalue weighted by atomic mass is 19.2. The average molecular weight is 300 g/mol. The molecular formula is C13H14F2N2O4. The number of esters is 1. The van der Waals surface area contributed by atoms with Gasteiger partial charge in [0.1, 0.15) is 0 Å². The second kappa shape index (κ2) is 7.32. The van der Waals surface area contributed by atoms with E-state index in [0.717, 1.165) is 12.1 Å². The van der Waals surface area contributed by atoms with Crippen LogP contribution in [0.5, 0.6) is 0 Å². The lowest BCUT2D eigenvalue weighted by Crippen LogP contribution is -2.38. The molecule has 0 aliphatic carbocycles. The average Bonchev–Trinajstić information content (AvgIpc) is 2.44. The van der Waals surface area contributed by atoms with Crippen LogP contribution in [0.15, 0.2) is 18.2 Å². The molecule has 0 aromatic heterocycles. The Morgan fingerprint density at radius 2 is 1.86 bits per heavy atom. The number of carbonyl (C=O) groups excluding carboxylic acids is 3. The van der Waals surface area contributed by atoms with Gasteiger partial charge in [-0.05, 0) is 18.2 Å². The lowest BCUT2D eigenvalue weighted by atomic mass is 10.2. The van der Waals surface area contributed by atoms with E-state index in [-0.39, 0.29) is 18.0 Å². The summed E-state index contributed by atoms with van der Waals surface area (Å²) in [5.41, 5.74) is -0.217. The first-order valence-corrected chi connectivity index (χ1v) is 5.90. The summed E-state index contributed by atoms with van der Waals surface area (Å²) in [4.78, 5) is 35.3. The van der Waals surface area contributed by atoms with Crippen molar-refractivity contribution in [2.24, 2.45) is 0 Å². The van der Waals surface area contributed by atoms with E-state index >= 15 is 0 Å². The Morgan fingerprint density at radius 3 is 2.43 bits per heavy atom. The first-order chi connectivity index (χ1) is 9.81. The lowest BCUT2D eigenvalue weighted by Gasteiger charge is -2.11. The Bertz CT molecular complexity index is 561. The van der Waals surface area contributed by atoms with Crippen molar-refractivity contribution in [3.63, 3.8) is 0 Å². The summed E-state index contributed by atoms with van der Waals surface area (Å²) >= 11 is 0. The van der Waals surface area contributed by atoms with Gasteiger partial charge in [0.05, 0.1) is 12.1 Å². The molecule has 1 rings (SSSR count). The molecule has 0 aliphatic heterocycles. The molecule has 0 spiro atoms. The number of carbonyl (C=O) groups is 3. The van der Waals surface area contributed by atoms with Crippen LogP contribution in [0.3, 0.4) is 0 Å². The van der Waals surface area contributed by atoms with Crippen molar-refractivity contribution in [3.8, 4) is 0 Å². The van der Waals surface area contributed by atoms with E-state index in [0.29, 0.717) is 6.07 Å². The summed E-state index contributed by atoms with van der Waals surface area (Å²) in [5.74, 6) is -4.25. The summed E-state index contributed by atoms with van der Waals surface area (Å²) in [6, 6.07) is 2.49. The Balaban J connectivity index is 2.44. The predicted octanol–water partition coefficient (Wildman–Crippen LogP) is 0.326. The highest BCUT2D eigenvalue weighted by Gasteiger charge is 2.13. The molecular weight excluding hydrogens is 286 g/mol. The maximum Gasteiger partial charge on any atom is 0.338 e. The van der Waals surface area contributed by atoms with Gasteiger partial charge in [0.15, 0.2) is 18.2 Å². The fourth-order valence-electron chi connectivity index (χ4n) is 1.22. The standard InChI is InChI=1S/C13H14F2N2O4/c1-17(2)12(19)6-16-11(18)7-21-13(20)8-3-4-9(14)10(15)5-8/h3-5H,6-7H2,1-2H3,(H,16,18). The van der Waals surface area contributed by atoms with Crippen LogP contribution in [0.2, 0.25) is 0 Å². The minimum atomic E-state index is -1.19. The molecule has 0 radical (unpaired) electrons. The number of nitrogens with zero attached hydrogens (tertiary/aromatic N) is 1. The number of hydrogen-bond donors (Lipinski definition) is 1. The molecule has 1 aromatic carbocycles. The maximum absolute atomic E-state index is 12.9. The maximum atomic E-state index is 12.9. The Morgan fingerprint density at radius 1 is 1.19 bits per heavy atom. The molecule has 0 bridgehead atoms. The number of halogens is 2. The minimum absolute atomic E-state index is 0.217. The van der Waals surface area contributed by atoms with Gasteiger partial charge >= 0.3 is 5.97 Å². The van der Waals surface area contributed by atoms with Gasteiger partial charge in [-0.1, -0.05) is 0 Å². The van der Waals surface area contributed by atoms with Crippen LogP contribution in [0.1, 0.15) is 10.4 Å². The minimum Gasteiger partial charge on any atom is -0.452 e.